The summed E-state index contributed by atoms with van der Waals surface area (Å²) in [7, 11) is 0. The molecule has 3 unspecified atom stereocenters. The van der Waals surface area contributed by atoms with Gasteiger partial charge in [-0.15, -0.1) is 0 Å². The van der Waals surface area contributed by atoms with Crippen molar-refractivity contribution in [3.8, 4) is 0 Å². The van der Waals surface area contributed by atoms with Gasteiger partial charge in [0.05, 0.1) is 0 Å². The Kier molecular flexibility index (Phi) is 9.47. The molecule has 0 saturated heterocycles. The largest absolute Gasteiger partial charge is 0.0949 e. The maximum atomic E-state index is 4.59. The van der Waals surface area contributed by atoms with Crippen LogP contribution < -0.4 is 0 Å². The monoisotopic (exact) mass is 480 g/mol. The lowest BCUT2D eigenvalue weighted by atomic mass is 9.80. The van der Waals surface area contributed by atoms with E-state index in [4.69, 9.17) is 0 Å². The zero-order valence-electron chi connectivity index (χ0n) is 23.4. The van der Waals surface area contributed by atoms with Crippen LogP contribution in [0.15, 0.2) is 66.8 Å². The fourth-order valence-electron chi connectivity index (χ4n) is 6.68. The Morgan fingerprint density at radius 3 is 2.50 bits per heavy atom. The van der Waals surface area contributed by atoms with Crippen molar-refractivity contribution in [2.45, 2.75) is 98.3 Å². The van der Waals surface area contributed by atoms with Crippen LogP contribution in [-0.4, -0.2) is 0 Å². The van der Waals surface area contributed by atoms with E-state index >= 15 is 0 Å². The summed E-state index contributed by atoms with van der Waals surface area (Å²) in [5.74, 6) is 1.98. The van der Waals surface area contributed by atoms with Gasteiger partial charge in [0, 0.05) is 0 Å². The van der Waals surface area contributed by atoms with Crippen LogP contribution in [0.1, 0.15) is 99.1 Å². The first-order valence-electron chi connectivity index (χ1n) is 14.8. The summed E-state index contributed by atoms with van der Waals surface area (Å²) in [6.07, 6.45) is 20.6. The highest BCUT2D eigenvalue weighted by Crippen LogP contribution is 2.43. The molecular formula is C36H48. The first kappa shape index (κ1) is 26.7. The fourth-order valence-corrected chi connectivity index (χ4v) is 6.68. The van der Waals surface area contributed by atoms with Crippen LogP contribution in [0.5, 0.6) is 0 Å². The summed E-state index contributed by atoms with van der Waals surface area (Å²) in [6.45, 7) is 13.8. The number of allylic oxidation sites excluding steroid dienone is 5. The molecule has 192 valence electrons. The molecule has 3 atom stereocenters. The molecule has 0 radical (unpaired) electrons. The highest BCUT2D eigenvalue weighted by molar-refractivity contribution is 5.73. The van der Waals surface area contributed by atoms with E-state index in [0.717, 1.165) is 5.92 Å². The first-order valence-corrected chi connectivity index (χ1v) is 14.8. The van der Waals surface area contributed by atoms with Crippen molar-refractivity contribution in [3.05, 3.63) is 100 Å². The second-order valence-corrected chi connectivity index (χ2v) is 11.4. The van der Waals surface area contributed by atoms with Gasteiger partial charge < -0.3 is 0 Å². The Hall–Kier alpha value is -2.34. The second kappa shape index (κ2) is 12.8. The molecule has 0 spiro atoms. The van der Waals surface area contributed by atoms with Crippen molar-refractivity contribution >= 4 is 5.57 Å². The van der Waals surface area contributed by atoms with Crippen molar-refractivity contribution in [1.29, 1.82) is 0 Å². The Bertz CT molecular complexity index is 1100. The lowest BCUT2D eigenvalue weighted by Crippen LogP contribution is -2.15. The van der Waals surface area contributed by atoms with Gasteiger partial charge in [-0.1, -0.05) is 107 Å². The maximum absolute atomic E-state index is 4.59. The van der Waals surface area contributed by atoms with Crippen LogP contribution in [0.2, 0.25) is 0 Å². The minimum Gasteiger partial charge on any atom is -0.0949 e. The van der Waals surface area contributed by atoms with E-state index in [-0.39, 0.29) is 0 Å². The third-order valence-corrected chi connectivity index (χ3v) is 8.78. The van der Waals surface area contributed by atoms with Crippen molar-refractivity contribution < 1.29 is 0 Å². The topological polar surface area (TPSA) is 0 Å². The van der Waals surface area contributed by atoms with Gasteiger partial charge >= 0.3 is 0 Å². The Labute approximate surface area is 221 Å². The van der Waals surface area contributed by atoms with Gasteiger partial charge in [0.15, 0.2) is 0 Å². The van der Waals surface area contributed by atoms with Crippen LogP contribution in [-0.2, 0) is 25.7 Å². The van der Waals surface area contributed by atoms with E-state index in [1.165, 1.54) is 98.5 Å². The van der Waals surface area contributed by atoms with Crippen LogP contribution in [0, 0.1) is 24.7 Å². The van der Waals surface area contributed by atoms with Gasteiger partial charge in [-0.2, -0.15) is 0 Å². The minimum absolute atomic E-state index is 0.610. The minimum atomic E-state index is 0.610. The number of rotatable bonds is 12. The lowest BCUT2D eigenvalue weighted by Gasteiger charge is -2.25. The van der Waals surface area contributed by atoms with E-state index in [9.17, 15) is 0 Å². The Balaban J connectivity index is 1.46. The van der Waals surface area contributed by atoms with Crippen molar-refractivity contribution in [2.75, 3.05) is 0 Å². The molecule has 2 aromatic rings. The Morgan fingerprint density at radius 2 is 1.78 bits per heavy atom. The van der Waals surface area contributed by atoms with E-state index < -0.39 is 0 Å². The highest BCUT2D eigenvalue weighted by atomic mass is 14.4. The van der Waals surface area contributed by atoms with Gasteiger partial charge in [0.2, 0.25) is 0 Å². The molecule has 0 nitrogen and oxygen atoms in total. The number of aryl methyl sites for hydroxylation is 3. The zero-order valence-corrected chi connectivity index (χ0v) is 23.4. The fraction of sp³-hybridized carbons (Fsp3) is 0.500. The van der Waals surface area contributed by atoms with Crippen molar-refractivity contribution in [3.63, 3.8) is 0 Å². The van der Waals surface area contributed by atoms with Gasteiger partial charge in [-0.25, -0.2) is 0 Å². The number of hydrogen-bond donors (Lipinski definition) is 0. The average molecular weight is 481 g/mol. The second-order valence-electron chi connectivity index (χ2n) is 11.4. The summed E-state index contributed by atoms with van der Waals surface area (Å²) >= 11 is 0. The molecule has 0 fully saturated rings. The smallest absolute Gasteiger partial charge is 0.00927 e. The molecule has 2 aliphatic carbocycles. The van der Waals surface area contributed by atoms with E-state index in [0.29, 0.717) is 11.8 Å². The molecule has 0 saturated carbocycles. The van der Waals surface area contributed by atoms with E-state index in [1.807, 2.05) is 0 Å². The molecular weight excluding hydrogens is 432 g/mol. The molecule has 0 heterocycles. The van der Waals surface area contributed by atoms with Gasteiger partial charge in [0.25, 0.3) is 0 Å². The molecule has 2 aromatic carbocycles. The quantitative estimate of drug-likeness (QED) is 0.283. The molecule has 0 aromatic heterocycles. The summed E-state index contributed by atoms with van der Waals surface area (Å²) in [5.41, 5.74) is 12.0. The van der Waals surface area contributed by atoms with Gasteiger partial charge in [-0.3, -0.25) is 0 Å². The number of benzene rings is 2. The lowest BCUT2D eigenvalue weighted by molar-refractivity contribution is 0.357. The van der Waals surface area contributed by atoms with E-state index in [1.54, 1.807) is 16.7 Å². The predicted molar refractivity (Wildman–Crippen MR) is 159 cm³/mol. The first-order chi connectivity index (χ1) is 17.5. The third-order valence-electron chi connectivity index (χ3n) is 8.78. The molecule has 0 aliphatic heterocycles. The van der Waals surface area contributed by atoms with Crippen LogP contribution in [0.3, 0.4) is 0 Å². The molecule has 0 amide bonds. The highest BCUT2D eigenvalue weighted by Gasteiger charge is 2.31. The molecule has 4 rings (SSSR count). The number of fused-ring (bicyclic) bond motifs is 1. The molecule has 0 heteroatoms. The average Bonchev–Trinajstić information content (AvgIpc) is 3.22. The standard InChI is InChI=1S/C36H48/c1-6-12-31(36-25-34-19-16-26(4)22-35(34)27(36)5)20-17-28-18-21-33(32(23-28)13-7-2)24-29(8-3)30-14-10-9-11-15-30/h10,14-16,18-19,21-23,29,31,36H,5-9,11-13,17,20,24-25H2,1-4H3. The summed E-state index contributed by atoms with van der Waals surface area (Å²) in [4.78, 5) is 0. The maximum Gasteiger partial charge on any atom is -0.00927 e. The van der Waals surface area contributed by atoms with Crippen LogP contribution >= 0.6 is 0 Å². The normalized spacial score (nSPS) is 18.7. The van der Waals surface area contributed by atoms with Gasteiger partial charge in [-0.05, 0) is 115 Å². The zero-order chi connectivity index (χ0) is 25.5. The third kappa shape index (κ3) is 6.31. The summed E-state index contributed by atoms with van der Waals surface area (Å²) in [5, 5.41) is 0. The molecule has 2 aliphatic rings. The van der Waals surface area contributed by atoms with Gasteiger partial charge in [0.1, 0.15) is 0 Å². The molecule has 0 bridgehead atoms. The summed E-state index contributed by atoms with van der Waals surface area (Å²) < 4.78 is 0. The molecule has 36 heavy (non-hydrogen) atoms. The Morgan fingerprint density at radius 1 is 0.917 bits per heavy atom. The number of hydrogen-bond acceptors (Lipinski definition) is 0. The molecule has 0 N–H and O–H groups in total. The summed E-state index contributed by atoms with van der Waals surface area (Å²) in [6, 6.07) is 14.4. The predicted octanol–water partition coefficient (Wildman–Crippen LogP) is 10.0. The van der Waals surface area contributed by atoms with Crippen molar-refractivity contribution in [2.24, 2.45) is 17.8 Å². The SMILES string of the molecule is C=C1c2cc(C)ccc2CC1C(CCC)CCc1ccc(CC(CC)C2=CCCC=C2)c(CCC)c1. The van der Waals surface area contributed by atoms with Crippen LogP contribution in [0.25, 0.3) is 5.57 Å². The van der Waals surface area contributed by atoms with Crippen molar-refractivity contribution in [1.82, 2.24) is 0 Å². The van der Waals surface area contributed by atoms with Crippen LogP contribution in [0.4, 0.5) is 0 Å². The van der Waals surface area contributed by atoms with E-state index in [2.05, 4.69) is 88.9 Å².